The van der Waals surface area contributed by atoms with Crippen LogP contribution in [0.2, 0.25) is 0 Å². The molecule has 2 atom stereocenters. The summed E-state index contributed by atoms with van der Waals surface area (Å²) in [6, 6.07) is 9.03. The van der Waals surface area contributed by atoms with Gasteiger partial charge in [0.1, 0.15) is 16.5 Å². The SMILES string of the molecule is CC[C@H]1CC(=O)C(C2=NS(=O)(=O)c3cc(NS(C)(=O)=O)ccc3N2)C(=O)N1Cc1ccc(F)cc1. The van der Waals surface area contributed by atoms with E-state index >= 15 is 0 Å². The van der Waals surface area contributed by atoms with Crippen molar-refractivity contribution in [2.45, 2.75) is 37.2 Å². The normalized spacial score (nSPS) is 21.7. The summed E-state index contributed by atoms with van der Waals surface area (Å²) in [6.45, 7) is 1.96. The Kier molecular flexibility index (Phi) is 6.40. The molecular weight excluding hydrogens is 499 g/mol. The van der Waals surface area contributed by atoms with Gasteiger partial charge in [0.15, 0.2) is 11.7 Å². The molecule has 0 saturated carbocycles. The van der Waals surface area contributed by atoms with Crippen molar-refractivity contribution in [1.82, 2.24) is 4.90 Å². The first-order valence-corrected chi connectivity index (χ1v) is 14.0. The molecule has 186 valence electrons. The summed E-state index contributed by atoms with van der Waals surface area (Å²) in [5, 5.41) is 2.77. The monoisotopic (exact) mass is 522 g/mol. The second-order valence-corrected chi connectivity index (χ2v) is 11.7. The van der Waals surface area contributed by atoms with Gasteiger partial charge in [-0.05, 0) is 42.3 Å². The van der Waals surface area contributed by atoms with E-state index < -0.39 is 49.5 Å². The van der Waals surface area contributed by atoms with Crippen LogP contribution in [0, 0.1) is 11.7 Å². The number of hydrogen-bond donors (Lipinski definition) is 2. The lowest BCUT2D eigenvalue weighted by Gasteiger charge is -2.39. The molecule has 1 fully saturated rings. The van der Waals surface area contributed by atoms with Crippen molar-refractivity contribution in [3.8, 4) is 0 Å². The molecule has 13 heteroatoms. The molecule has 2 N–H and O–H groups in total. The Morgan fingerprint density at radius 3 is 2.49 bits per heavy atom. The molecule has 2 aromatic rings. The van der Waals surface area contributed by atoms with Crippen molar-refractivity contribution in [2.75, 3.05) is 16.3 Å². The number of hydrogen-bond acceptors (Lipinski definition) is 7. The molecule has 0 spiro atoms. The van der Waals surface area contributed by atoms with Crippen LogP contribution in [-0.4, -0.2) is 51.6 Å². The first kappa shape index (κ1) is 24.8. The molecule has 4 rings (SSSR count). The predicted octanol–water partition coefficient (Wildman–Crippen LogP) is 2.11. The number of fused-ring (bicyclic) bond motifs is 1. The van der Waals surface area contributed by atoms with Crippen LogP contribution in [0.25, 0.3) is 0 Å². The molecule has 10 nitrogen and oxygen atoms in total. The predicted molar refractivity (Wildman–Crippen MR) is 127 cm³/mol. The van der Waals surface area contributed by atoms with Gasteiger partial charge in [0.05, 0.1) is 11.9 Å². The highest BCUT2D eigenvalue weighted by Gasteiger charge is 2.45. The highest BCUT2D eigenvalue weighted by molar-refractivity contribution is 7.92. The van der Waals surface area contributed by atoms with Gasteiger partial charge in [0.2, 0.25) is 15.9 Å². The van der Waals surface area contributed by atoms with E-state index in [2.05, 4.69) is 14.4 Å². The van der Waals surface area contributed by atoms with Gasteiger partial charge in [0, 0.05) is 24.7 Å². The number of ketones is 1. The van der Waals surface area contributed by atoms with Crippen LogP contribution < -0.4 is 10.0 Å². The molecule has 2 aliphatic rings. The van der Waals surface area contributed by atoms with Crippen LogP contribution in [0.4, 0.5) is 15.8 Å². The fourth-order valence-electron chi connectivity index (χ4n) is 4.15. The number of carbonyl (C=O) groups is 2. The summed E-state index contributed by atoms with van der Waals surface area (Å²) in [5.41, 5.74) is 0.752. The zero-order valence-corrected chi connectivity index (χ0v) is 20.5. The third-order valence-corrected chi connectivity index (χ3v) is 7.72. The fraction of sp³-hybridized carbons (Fsp3) is 0.318. The van der Waals surface area contributed by atoms with Gasteiger partial charge < -0.3 is 10.2 Å². The summed E-state index contributed by atoms with van der Waals surface area (Å²) >= 11 is 0. The Bertz CT molecular complexity index is 1440. The van der Waals surface area contributed by atoms with Crippen molar-refractivity contribution in [1.29, 1.82) is 0 Å². The quantitative estimate of drug-likeness (QED) is 0.553. The third-order valence-electron chi connectivity index (χ3n) is 5.78. The molecule has 0 aromatic heterocycles. The van der Waals surface area contributed by atoms with E-state index in [0.29, 0.717) is 12.0 Å². The van der Waals surface area contributed by atoms with E-state index in [1.165, 1.54) is 29.2 Å². The highest BCUT2D eigenvalue weighted by atomic mass is 32.2. The average molecular weight is 523 g/mol. The number of rotatable bonds is 6. The van der Waals surface area contributed by atoms with Crippen LogP contribution in [-0.2, 0) is 36.2 Å². The van der Waals surface area contributed by atoms with Gasteiger partial charge in [-0.15, -0.1) is 4.40 Å². The molecule has 0 bridgehead atoms. The largest absolute Gasteiger partial charge is 0.341 e. The Labute approximate surface area is 202 Å². The molecule has 35 heavy (non-hydrogen) atoms. The van der Waals surface area contributed by atoms with Crippen molar-refractivity contribution >= 4 is 48.9 Å². The van der Waals surface area contributed by atoms with Gasteiger partial charge in [0.25, 0.3) is 10.0 Å². The van der Waals surface area contributed by atoms with Crippen LogP contribution in [0.3, 0.4) is 0 Å². The molecule has 0 radical (unpaired) electrons. The van der Waals surface area contributed by atoms with Crippen molar-refractivity contribution < 1.29 is 30.8 Å². The van der Waals surface area contributed by atoms with Crippen LogP contribution in [0.1, 0.15) is 25.3 Å². The minimum atomic E-state index is -4.34. The number of amides is 1. The molecule has 2 heterocycles. The van der Waals surface area contributed by atoms with Gasteiger partial charge in [-0.2, -0.15) is 8.42 Å². The number of piperidine rings is 1. The minimum absolute atomic E-state index is 0.0128. The van der Waals surface area contributed by atoms with Crippen LogP contribution in [0.15, 0.2) is 51.8 Å². The van der Waals surface area contributed by atoms with E-state index in [1.54, 1.807) is 12.1 Å². The Morgan fingerprint density at radius 1 is 1.17 bits per heavy atom. The van der Waals surface area contributed by atoms with Crippen molar-refractivity contribution in [2.24, 2.45) is 10.3 Å². The van der Waals surface area contributed by atoms with E-state index in [-0.39, 0.29) is 35.1 Å². The minimum Gasteiger partial charge on any atom is -0.341 e. The van der Waals surface area contributed by atoms with E-state index in [9.17, 15) is 30.8 Å². The average Bonchev–Trinajstić information content (AvgIpc) is 2.76. The van der Waals surface area contributed by atoms with Crippen LogP contribution >= 0.6 is 0 Å². The molecule has 1 amide bonds. The van der Waals surface area contributed by atoms with Gasteiger partial charge in [-0.3, -0.25) is 14.3 Å². The van der Waals surface area contributed by atoms with Crippen LogP contribution in [0.5, 0.6) is 0 Å². The Morgan fingerprint density at radius 2 is 1.86 bits per heavy atom. The number of sulfonamides is 2. The highest BCUT2D eigenvalue weighted by Crippen LogP contribution is 2.34. The number of carbonyl (C=O) groups excluding carboxylic acids is 2. The molecule has 1 unspecified atom stereocenters. The van der Waals surface area contributed by atoms with Gasteiger partial charge in [-0.25, -0.2) is 12.8 Å². The Balaban J connectivity index is 1.67. The van der Waals surface area contributed by atoms with E-state index in [4.69, 9.17) is 0 Å². The maximum Gasteiger partial charge on any atom is 0.286 e. The summed E-state index contributed by atoms with van der Waals surface area (Å²) < 4.78 is 68.0. The summed E-state index contributed by atoms with van der Waals surface area (Å²) in [6.07, 6.45) is 1.44. The summed E-state index contributed by atoms with van der Waals surface area (Å²) in [7, 11) is -7.98. The summed E-state index contributed by atoms with van der Waals surface area (Å²) in [4.78, 5) is 27.6. The zero-order chi connectivity index (χ0) is 25.5. The number of Topliss-reactive ketones (excluding diaryl/α,β-unsaturated/α-hetero) is 1. The third kappa shape index (κ3) is 5.20. The molecule has 1 saturated heterocycles. The van der Waals surface area contributed by atoms with E-state index in [1.807, 2.05) is 6.92 Å². The second kappa shape index (κ2) is 9.04. The maximum absolute atomic E-state index is 13.4. The number of benzene rings is 2. The standard InChI is InChI=1S/C22H23FN4O6S2/c1-3-16-11-18(28)20(22(29)27(16)12-13-4-6-14(23)7-5-13)21-24-17-9-8-15(25-34(2,30)31)10-19(17)35(32,33)26-21/h4-10,16,20,25H,3,11-12H2,1-2H3,(H,24,26)/t16-,20?/m0/s1. The number of amidine groups is 1. The van der Waals surface area contributed by atoms with Crippen molar-refractivity contribution in [3.63, 3.8) is 0 Å². The summed E-state index contributed by atoms with van der Waals surface area (Å²) in [5.74, 6) is -3.24. The lowest BCUT2D eigenvalue weighted by Crippen LogP contribution is -2.55. The number of anilines is 2. The molecule has 0 aliphatic carbocycles. The topological polar surface area (TPSA) is 142 Å². The van der Waals surface area contributed by atoms with Crippen molar-refractivity contribution in [3.05, 3.63) is 53.8 Å². The maximum atomic E-state index is 13.4. The van der Waals surface area contributed by atoms with E-state index in [0.717, 1.165) is 12.3 Å². The number of nitrogens with one attached hydrogen (secondary N) is 2. The number of likely N-dealkylation sites (tertiary alicyclic amines) is 1. The lowest BCUT2D eigenvalue weighted by atomic mass is 9.87. The first-order chi connectivity index (χ1) is 16.4. The number of nitrogens with zero attached hydrogens (tertiary/aromatic N) is 2. The first-order valence-electron chi connectivity index (χ1n) is 10.7. The Hall–Kier alpha value is -3.32. The fourth-order valence-corrected chi connectivity index (χ4v) is 5.89. The molecule has 2 aromatic carbocycles. The van der Waals surface area contributed by atoms with Gasteiger partial charge >= 0.3 is 0 Å². The lowest BCUT2D eigenvalue weighted by molar-refractivity contribution is -0.146. The smallest absolute Gasteiger partial charge is 0.286 e. The molecule has 2 aliphatic heterocycles. The second-order valence-electron chi connectivity index (χ2n) is 8.42. The molecular formula is C22H23FN4O6S2. The van der Waals surface area contributed by atoms with Gasteiger partial charge in [-0.1, -0.05) is 19.1 Å². The zero-order valence-electron chi connectivity index (χ0n) is 18.9. The number of halogens is 1.